The molecule has 0 fully saturated rings. The van der Waals surface area contributed by atoms with Gasteiger partial charge in [-0.15, -0.1) is 0 Å². The van der Waals surface area contributed by atoms with E-state index in [4.69, 9.17) is 14.9 Å². The second kappa shape index (κ2) is 8.93. The second-order valence-electron chi connectivity index (χ2n) is 2.88. The average molecular weight is 205 g/mol. The van der Waals surface area contributed by atoms with Crippen LogP contribution in [0.4, 0.5) is 0 Å². The molecule has 0 aromatic heterocycles. The first-order valence-corrected chi connectivity index (χ1v) is 4.84. The molecule has 0 rings (SSSR count). The fourth-order valence-corrected chi connectivity index (χ4v) is 1.09. The molecule has 5 heteroatoms. The highest BCUT2D eigenvalue weighted by Gasteiger charge is 2.09. The van der Waals surface area contributed by atoms with Gasteiger partial charge in [0, 0.05) is 19.7 Å². The molecule has 0 atom stereocenters. The van der Waals surface area contributed by atoms with Crippen LogP contribution in [0.3, 0.4) is 0 Å². The van der Waals surface area contributed by atoms with Crippen molar-refractivity contribution in [3.63, 3.8) is 0 Å². The van der Waals surface area contributed by atoms with Gasteiger partial charge in [0.1, 0.15) is 0 Å². The summed E-state index contributed by atoms with van der Waals surface area (Å²) < 4.78 is 4.77. The Bertz CT molecular complexity index is 152. The van der Waals surface area contributed by atoms with Crippen LogP contribution < -0.4 is 0 Å². The molecule has 0 aromatic rings. The molecule has 0 spiro atoms. The quantitative estimate of drug-likeness (QED) is 0.509. The molecule has 0 saturated heterocycles. The minimum Gasteiger partial charge on any atom is -0.465 e. The van der Waals surface area contributed by atoms with Crippen molar-refractivity contribution in [2.75, 3.05) is 39.5 Å². The van der Waals surface area contributed by atoms with Crippen molar-refractivity contribution in [2.24, 2.45) is 0 Å². The zero-order chi connectivity index (χ0) is 10.8. The van der Waals surface area contributed by atoms with Crippen LogP contribution in [0.25, 0.3) is 0 Å². The number of rotatable bonds is 8. The van der Waals surface area contributed by atoms with Gasteiger partial charge >= 0.3 is 5.97 Å². The highest BCUT2D eigenvalue weighted by atomic mass is 16.5. The van der Waals surface area contributed by atoms with Gasteiger partial charge in [-0.3, -0.25) is 9.69 Å². The highest BCUT2D eigenvalue weighted by molar-refractivity contribution is 5.71. The predicted octanol–water partition coefficient (Wildman–Crippen LogP) is -0.774. The fourth-order valence-electron chi connectivity index (χ4n) is 1.09. The molecule has 0 bridgehead atoms. The van der Waals surface area contributed by atoms with Crippen LogP contribution in [0.5, 0.6) is 0 Å². The molecule has 0 saturated carbocycles. The van der Waals surface area contributed by atoms with Crippen molar-refractivity contribution >= 4 is 5.97 Å². The van der Waals surface area contributed by atoms with Crippen LogP contribution in [-0.4, -0.2) is 60.5 Å². The van der Waals surface area contributed by atoms with Crippen molar-refractivity contribution in [3.05, 3.63) is 0 Å². The Morgan fingerprint density at radius 3 is 2.50 bits per heavy atom. The molecule has 2 N–H and O–H groups in total. The van der Waals surface area contributed by atoms with Crippen molar-refractivity contribution in [1.82, 2.24) is 4.90 Å². The SMILES string of the molecule is CCOC(=O)CN(CCO)CCCO. The van der Waals surface area contributed by atoms with E-state index >= 15 is 0 Å². The molecular formula is C9H19NO4. The van der Waals surface area contributed by atoms with Gasteiger partial charge in [-0.05, 0) is 13.3 Å². The largest absolute Gasteiger partial charge is 0.465 e. The number of hydrogen-bond acceptors (Lipinski definition) is 5. The molecule has 0 aliphatic rings. The lowest BCUT2D eigenvalue weighted by molar-refractivity contribution is -0.144. The normalized spacial score (nSPS) is 10.6. The third kappa shape index (κ3) is 6.82. The maximum atomic E-state index is 11.1. The Morgan fingerprint density at radius 1 is 1.29 bits per heavy atom. The number of nitrogens with zero attached hydrogens (tertiary/aromatic N) is 1. The Morgan fingerprint density at radius 2 is 2.00 bits per heavy atom. The van der Waals surface area contributed by atoms with E-state index in [1.807, 2.05) is 0 Å². The Kier molecular flexibility index (Phi) is 8.51. The second-order valence-corrected chi connectivity index (χ2v) is 2.88. The lowest BCUT2D eigenvalue weighted by Crippen LogP contribution is -2.34. The minimum atomic E-state index is -0.293. The molecule has 0 aliphatic heterocycles. The van der Waals surface area contributed by atoms with Gasteiger partial charge in [-0.2, -0.15) is 0 Å². The van der Waals surface area contributed by atoms with E-state index in [1.165, 1.54) is 0 Å². The van der Waals surface area contributed by atoms with Gasteiger partial charge < -0.3 is 14.9 Å². The monoisotopic (exact) mass is 205 g/mol. The first-order chi connectivity index (χ1) is 6.74. The lowest BCUT2D eigenvalue weighted by atomic mass is 10.4. The molecule has 84 valence electrons. The molecule has 0 radical (unpaired) electrons. The van der Waals surface area contributed by atoms with Gasteiger partial charge in [-0.25, -0.2) is 0 Å². The maximum Gasteiger partial charge on any atom is 0.320 e. The standard InChI is InChI=1S/C9H19NO4/c1-2-14-9(13)8-10(5-7-12)4-3-6-11/h11-12H,2-8H2,1H3. The van der Waals surface area contributed by atoms with Crippen LogP contribution in [0.2, 0.25) is 0 Å². The lowest BCUT2D eigenvalue weighted by Gasteiger charge is -2.19. The summed E-state index contributed by atoms with van der Waals surface area (Å²) in [5.41, 5.74) is 0. The Hall–Kier alpha value is -0.650. The number of aliphatic hydroxyl groups is 2. The third-order valence-electron chi connectivity index (χ3n) is 1.71. The third-order valence-corrected chi connectivity index (χ3v) is 1.71. The maximum absolute atomic E-state index is 11.1. The van der Waals surface area contributed by atoms with E-state index in [0.29, 0.717) is 26.1 Å². The van der Waals surface area contributed by atoms with Gasteiger partial charge in [-0.1, -0.05) is 0 Å². The number of carbonyl (C=O) groups excluding carboxylic acids is 1. The first-order valence-electron chi connectivity index (χ1n) is 4.84. The summed E-state index contributed by atoms with van der Waals surface area (Å²) in [6.07, 6.45) is 0.597. The fraction of sp³-hybridized carbons (Fsp3) is 0.889. The number of carbonyl (C=O) groups is 1. The van der Waals surface area contributed by atoms with Gasteiger partial charge in [0.25, 0.3) is 0 Å². The Labute approximate surface area is 84.3 Å². The zero-order valence-electron chi connectivity index (χ0n) is 8.61. The van der Waals surface area contributed by atoms with Gasteiger partial charge in [0.2, 0.25) is 0 Å². The molecule has 0 amide bonds. The highest BCUT2D eigenvalue weighted by Crippen LogP contribution is 1.92. The molecule has 0 aliphatic carbocycles. The van der Waals surface area contributed by atoms with Crippen LogP contribution in [-0.2, 0) is 9.53 Å². The van der Waals surface area contributed by atoms with E-state index in [0.717, 1.165) is 0 Å². The van der Waals surface area contributed by atoms with Gasteiger partial charge in [0.15, 0.2) is 0 Å². The molecular weight excluding hydrogens is 186 g/mol. The van der Waals surface area contributed by atoms with Crippen LogP contribution >= 0.6 is 0 Å². The molecule has 0 aromatic carbocycles. The molecule has 14 heavy (non-hydrogen) atoms. The predicted molar refractivity (Wildman–Crippen MR) is 51.9 cm³/mol. The van der Waals surface area contributed by atoms with Crippen molar-refractivity contribution < 1.29 is 19.7 Å². The van der Waals surface area contributed by atoms with Crippen LogP contribution in [0, 0.1) is 0 Å². The van der Waals surface area contributed by atoms with E-state index in [-0.39, 0.29) is 25.7 Å². The molecule has 5 nitrogen and oxygen atoms in total. The summed E-state index contributed by atoms with van der Waals surface area (Å²) in [5, 5.41) is 17.3. The molecule has 0 unspecified atom stereocenters. The Balaban J connectivity index is 3.75. The van der Waals surface area contributed by atoms with Crippen LogP contribution in [0.15, 0.2) is 0 Å². The summed E-state index contributed by atoms with van der Waals surface area (Å²) in [6, 6.07) is 0. The van der Waals surface area contributed by atoms with Crippen molar-refractivity contribution in [2.45, 2.75) is 13.3 Å². The topological polar surface area (TPSA) is 70.0 Å². The summed E-state index contributed by atoms with van der Waals surface area (Å²) in [5.74, 6) is -0.293. The minimum absolute atomic E-state index is 0.00480. The van der Waals surface area contributed by atoms with E-state index in [9.17, 15) is 4.79 Å². The van der Waals surface area contributed by atoms with Gasteiger partial charge in [0.05, 0.1) is 19.8 Å². The smallest absolute Gasteiger partial charge is 0.320 e. The zero-order valence-corrected chi connectivity index (χ0v) is 8.61. The number of hydrogen-bond donors (Lipinski definition) is 2. The summed E-state index contributed by atoms with van der Waals surface area (Å²) in [4.78, 5) is 12.8. The van der Waals surface area contributed by atoms with Crippen LogP contribution in [0.1, 0.15) is 13.3 Å². The average Bonchev–Trinajstić information content (AvgIpc) is 2.15. The van der Waals surface area contributed by atoms with E-state index in [1.54, 1.807) is 11.8 Å². The van der Waals surface area contributed by atoms with Crippen molar-refractivity contribution in [3.8, 4) is 0 Å². The first kappa shape index (κ1) is 13.4. The summed E-state index contributed by atoms with van der Waals surface area (Å²) in [7, 11) is 0. The summed E-state index contributed by atoms with van der Waals surface area (Å²) >= 11 is 0. The number of esters is 1. The number of aliphatic hydroxyl groups excluding tert-OH is 2. The van der Waals surface area contributed by atoms with E-state index in [2.05, 4.69) is 0 Å². The van der Waals surface area contributed by atoms with Crippen molar-refractivity contribution in [1.29, 1.82) is 0 Å². The van der Waals surface area contributed by atoms with E-state index < -0.39 is 0 Å². The molecule has 0 heterocycles. The summed E-state index contributed by atoms with van der Waals surface area (Å²) in [6.45, 7) is 3.41. The number of ether oxygens (including phenoxy) is 1.